The first-order valence-electron chi connectivity index (χ1n) is 6.36. The number of phosphoric acid groups is 1. The summed E-state index contributed by atoms with van der Waals surface area (Å²) in [4.78, 5) is 33.6. The van der Waals surface area contributed by atoms with Crippen molar-refractivity contribution in [2.75, 3.05) is 0 Å². The van der Waals surface area contributed by atoms with Crippen molar-refractivity contribution >= 4 is 18.8 Å². The maximum atomic E-state index is 12.0. The molecule has 0 spiro atoms. The number of hydrogen-bond donors (Lipinski definition) is 4. The molecule has 0 radical (unpaired) electrons. The van der Waals surface area contributed by atoms with Crippen molar-refractivity contribution in [2.45, 2.75) is 0 Å². The Labute approximate surface area is 130 Å². The van der Waals surface area contributed by atoms with Crippen LogP contribution in [0.1, 0.15) is 0 Å². The van der Waals surface area contributed by atoms with E-state index in [4.69, 9.17) is 23.7 Å². The largest absolute Gasteiger partial charge is 0.502 e. The van der Waals surface area contributed by atoms with Crippen molar-refractivity contribution in [3.05, 3.63) is 64.8 Å². The van der Waals surface area contributed by atoms with Gasteiger partial charge in [0, 0.05) is 5.56 Å². The smallest absolute Gasteiger partial charge is 0.466 e. The molecular weight excluding hydrogens is 323 g/mol. The third-order valence-electron chi connectivity index (χ3n) is 2.81. The minimum atomic E-state index is -4.64. The summed E-state index contributed by atoms with van der Waals surface area (Å²) in [6.45, 7) is 0. The first-order chi connectivity index (χ1) is 10.8. The maximum absolute atomic E-state index is 12.0. The first-order valence-corrected chi connectivity index (χ1v) is 7.92. The number of benzene rings is 2. The average molecular weight is 336 g/mol. The summed E-state index contributed by atoms with van der Waals surface area (Å²) in [5.41, 5.74) is 0.743. The topological polar surface area (TPSA) is 128 Å². The van der Waals surface area contributed by atoms with E-state index in [1.54, 1.807) is 36.4 Å². The minimum absolute atomic E-state index is 0.208. The predicted octanol–water partition coefficient (Wildman–Crippen LogP) is 2.24. The van der Waals surface area contributed by atoms with Gasteiger partial charge < -0.3 is 24.2 Å². The monoisotopic (exact) mass is 336 g/mol. The SMILES string of the molecule is O=P(O)(O)O.O=c1c(O)c(-c2ccccc2)oc2ccccc12. The van der Waals surface area contributed by atoms with E-state index in [1.165, 1.54) is 0 Å². The molecule has 0 atom stereocenters. The molecule has 0 fully saturated rings. The summed E-state index contributed by atoms with van der Waals surface area (Å²) in [6, 6.07) is 15.9. The van der Waals surface area contributed by atoms with Gasteiger partial charge in [0.2, 0.25) is 11.2 Å². The van der Waals surface area contributed by atoms with Gasteiger partial charge in [0.05, 0.1) is 5.39 Å². The van der Waals surface area contributed by atoms with Gasteiger partial charge >= 0.3 is 7.82 Å². The number of rotatable bonds is 1. The molecular formula is C15H13O7P. The number of para-hydroxylation sites is 1. The normalized spacial score (nSPS) is 10.9. The lowest BCUT2D eigenvalue weighted by Crippen LogP contribution is -2.02. The Hall–Kier alpha value is -2.44. The van der Waals surface area contributed by atoms with Crippen LogP contribution in [0.3, 0.4) is 0 Å². The first kappa shape index (κ1) is 16.9. The molecule has 0 saturated heterocycles. The van der Waals surface area contributed by atoms with Crippen molar-refractivity contribution in [3.63, 3.8) is 0 Å². The second-order valence-corrected chi connectivity index (χ2v) is 5.51. The lowest BCUT2D eigenvalue weighted by molar-refractivity contribution is 0.275. The van der Waals surface area contributed by atoms with E-state index in [2.05, 4.69) is 0 Å². The van der Waals surface area contributed by atoms with Gasteiger partial charge in [0.15, 0.2) is 5.76 Å². The molecule has 0 unspecified atom stereocenters. The third kappa shape index (κ3) is 4.51. The van der Waals surface area contributed by atoms with E-state index in [1.807, 2.05) is 18.2 Å². The van der Waals surface area contributed by atoms with Crippen LogP contribution in [0.4, 0.5) is 0 Å². The summed E-state index contributed by atoms with van der Waals surface area (Å²) < 4.78 is 14.5. The highest BCUT2D eigenvalue weighted by atomic mass is 31.2. The molecule has 0 saturated carbocycles. The van der Waals surface area contributed by atoms with Gasteiger partial charge in [0.1, 0.15) is 5.58 Å². The van der Waals surface area contributed by atoms with E-state index in [9.17, 15) is 9.90 Å². The lowest BCUT2D eigenvalue weighted by Gasteiger charge is -2.05. The van der Waals surface area contributed by atoms with Crippen LogP contribution in [0, 0.1) is 0 Å². The molecule has 3 aromatic rings. The molecule has 1 aromatic heterocycles. The summed E-state index contributed by atoms with van der Waals surface area (Å²) in [5.74, 6) is -0.140. The van der Waals surface area contributed by atoms with Crippen LogP contribution in [0.25, 0.3) is 22.3 Å². The highest BCUT2D eigenvalue weighted by Crippen LogP contribution is 2.29. The van der Waals surface area contributed by atoms with Crippen molar-refractivity contribution in [1.82, 2.24) is 0 Å². The van der Waals surface area contributed by atoms with Crippen LogP contribution in [0.2, 0.25) is 0 Å². The zero-order valence-electron chi connectivity index (χ0n) is 11.7. The number of hydrogen-bond acceptors (Lipinski definition) is 4. The van der Waals surface area contributed by atoms with E-state index in [-0.39, 0.29) is 11.5 Å². The fraction of sp³-hybridized carbons (Fsp3) is 0. The molecule has 2 aromatic carbocycles. The summed E-state index contributed by atoms with van der Waals surface area (Å²) >= 11 is 0. The highest BCUT2D eigenvalue weighted by molar-refractivity contribution is 7.45. The maximum Gasteiger partial charge on any atom is 0.466 e. The van der Waals surface area contributed by atoms with Crippen LogP contribution in [-0.4, -0.2) is 19.8 Å². The molecule has 8 heteroatoms. The fourth-order valence-electron chi connectivity index (χ4n) is 1.92. The molecule has 7 nitrogen and oxygen atoms in total. The quantitative estimate of drug-likeness (QED) is 0.502. The minimum Gasteiger partial charge on any atom is -0.502 e. The van der Waals surface area contributed by atoms with E-state index in [0.717, 1.165) is 0 Å². The van der Waals surface area contributed by atoms with E-state index in [0.29, 0.717) is 16.5 Å². The summed E-state index contributed by atoms with van der Waals surface area (Å²) in [6.07, 6.45) is 0. The number of aromatic hydroxyl groups is 1. The molecule has 1 heterocycles. The highest BCUT2D eigenvalue weighted by Gasteiger charge is 2.14. The van der Waals surface area contributed by atoms with Crippen LogP contribution < -0.4 is 5.43 Å². The van der Waals surface area contributed by atoms with Gasteiger partial charge in [-0.05, 0) is 12.1 Å². The van der Waals surface area contributed by atoms with Crippen LogP contribution in [0.5, 0.6) is 5.75 Å². The molecule has 4 N–H and O–H groups in total. The standard InChI is InChI=1S/C15H10O3.H3O4P/c16-13-11-8-4-5-9-12(11)18-15(14(13)17)10-6-2-1-3-7-10;1-5(2,3)4/h1-9,17H;(H3,1,2,3,4). The van der Waals surface area contributed by atoms with Crippen molar-refractivity contribution in [3.8, 4) is 17.1 Å². The Kier molecular flexibility index (Phi) is 4.98. The molecule has 0 aliphatic carbocycles. The van der Waals surface area contributed by atoms with Gasteiger partial charge in [-0.3, -0.25) is 4.79 Å². The Morgan fingerprint density at radius 1 is 0.870 bits per heavy atom. The van der Waals surface area contributed by atoms with Gasteiger partial charge in [-0.25, -0.2) is 4.57 Å². The zero-order chi connectivity index (χ0) is 17.0. The second kappa shape index (κ2) is 6.76. The lowest BCUT2D eigenvalue weighted by atomic mass is 10.1. The molecule has 23 heavy (non-hydrogen) atoms. The Morgan fingerprint density at radius 2 is 1.39 bits per heavy atom. The van der Waals surface area contributed by atoms with Gasteiger partial charge in [0.25, 0.3) is 0 Å². The van der Waals surface area contributed by atoms with E-state index >= 15 is 0 Å². The van der Waals surface area contributed by atoms with Gasteiger partial charge in [-0.1, -0.05) is 42.5 Å². The van der Waals surface area contributed by atoms with Crippen LogP contribution >= 0.6 is 7.82 Å². The Balaban J connectivity index is 0.000000338. The molecule has 120 valence electrons. The predicted molar refractivity (Wildman–Crippen MR) is 83.8 cm³/mol. The molecule has 0 amide bonds. The second-order valence-electron chi connectivity index (χ2n) is 4.48. The van der Waals surface area contributed by atoms with Crippen molar-refractivity contribution < 1.29 is 28.8 Å². The van der Waals surface area contributed by atoms with E-state index < -0.39 is 13.3 Å². The molecule has 0 aliphatic heterocycles. The Morgan fingerprint density at radius 3 is 2.00 bits per heavy atom. The van der Waals surface area contributed by atoms with Gasteiger partial charge in [-0.15, -0.1) is 0 Å². The van der Waals surface area contributed by atoms with Crippen molar-refractivity contribution in [2.24, 2.45) is 0 Å². The van der Waals surface area contributed by atoms with Crippen molar-refractivity contribution in [1.29, 1.82) is 0 Å². The van der Waals surface area contributed by atoms with Crippen LogP contribution in [-0.2, 0) is 4.57 Å². The van der Waals surface area contributed by atoms with Gasteiger partial charge in [-0.2, -0.15) is 0 Å². The fourth-order valence-corrected chi connectivity index (χ4v) is 1.92. The van der Waals surface area contributed by atoms with Crippen LogP contribution in [0.15, 0.2) is 63.8 Å². The molecule has 0 aliphatic rings. The molecule has 3 rings (SSSR count). The Bertz CT molecular complexity index is 904. The average Bonchev–Trinajstić information content (AvgIpc) is 2.50. The third-order valence-corrected chi connectivity index (χ3v) is 2.81. The zero-order valence-corrected chi connectivity index (χ0v) is 12.6. The summed E-state index contributed by atoms with van der Waals surface area (Å²) in [5, 5.41) is 10.3. The number of fused-ring (bicyclic) bond motifs is 1. The molecule has 0 bridgehead atoms. The summed E-state index contributed by atoms with van der Waals surface area (Å²) in [7, 11) is -4.64.